The molecule has 0 aliphatic carbocycles. The molecule has 14 heavy (non-hydrogen) atoms. The number of aryl methyl sites for hydroxylation is 1. The lowest BCUT2D eigenvalue weighted by Gasteiger charge is -2.14. The van der Waals surface area contributed by atoms with Crippen LogP contribution >= 0.6 is 24.0 Å². The smallest absolute Gasteiger partial charge is 0.0456 e. The zero-order valence-electron chi connectivity index (χ0n) is 8.03. The Hall–Kier alpha value is -0.280. The molecule has 0 saturated carbocycles. The quantitative estimate of drug-likeness (QED) is 0.846. The molecule has 1 aromatic carbocycles. The lowest BCUT2D eigenvalue weighted by Crippen LogP contribution is -2.13. The number of benzene rings is 1. The van der Waals surface area contributed by atoms with Gasteiger partial charge < -0.3 is 10.8 Å². The van der Waals surface area contributed by atoms with Gasteiger partial charge in [0, 0.05) is 17.7 Å². The maximum absolute atomic E-state index is 8.76. The van der Waals surface area contributed by atoms with Crippen LogP contribution < -0.4 is 5.73 Å². The topological polar surface area (TPSA) is 46.2 Å². The zero-order chi connectivity index (χ0) is 9.84. The second-order valence-corrected chi connectivity index (χ2v) is 3.50. The van der Waals surface area contributed by atoms with E-state index in [0.717, 1.165) is 11.1 Å². The van der Waals surface area contributed by atoms with E-state index in [0.29, 0.717) is 11.4 Å². The summed E-state index contributed by atoms with van der Waals surface area (Å²) in [5.41, 5.74) is 7.88. The highest BCUT2D eigenvalue weighted by molar-refractivity contribution is 6.31. The van der Waals surface area contributed by atoms with E-state index < -0.39 is 0 Å². The Kier molecular flexibility index (Phi) is 6.12. The molecule has 0 aliphatic heterocycles. The minimum atomic E-state index is -0.168. The summed E-state index contributed by atoms with van der Waals surface area (Å²) < 4.78 is 0. The van der Waals surface area contributed by atoms with Crippen molar-refractivity contribution in [3.05, 3.63) is 34.3 Å². The summed E-state index contributed by atoms with van der Waals surface area (Å²) >= 11 is 6.00. The fourth-order valence-corrected chi connectivity index (χ4v) is 1.76. The Morgan fingerprint density at radius 1 is 1.50 bits per heavy atom. The average molecular weight is 236 g/mol. The van der Waals surface area contributed by atoms with Crippen LogP contribution in [-0.4, -0.2) is 11.7 Å². The fraction of sp³-hybridized carbons (Fsp3) is 0.400. The highest BCUT2D eigenvalue weighted by Crippen LogP contribution is 2.26. The molecular weight excluding hydrogens is 221 g/mol. The zero-order valence-corrected chi connectivity index (χ0v) is 9.61. The van der Waals surface area contributed by atoms with Gasteiger partial charge in [0.15, 0.2) is 0 Å². The van der Waals surface area contributed by atoms with E-state index in [1.165, 1.54) is 0 Å². The van der Waals surface area contributed by atoms with E-state index in [1.807, 2.05) is 25.1 Å². The second-order valence-electron chi connectivity index (χ2n) is 3.09. The van der Waals surface area contributed by atoms with E-state index in [-0.39, 0.29) is 25.1 Å². The molecular formula is C10H15Cl2NO. The summed E-state index contributed by atoms with van der Waals surface area (Å²) in [6.07, 6.45) is 0.546. The first-order chi connectivity index (χ1) is 6.16. The van der Waals surface area contributed by atoms with Crippen molar-refractivity contribution in [3.63, 3.8) is 0 Å². The maximum Gasteiger partial charge on any atom is 0.0456 e. The molecule has 0 bridgehead atoms. The van der Waals surface area contributed by atoms with Gasteiger partial charge in [0.2, 0.25) is 0 Å². The van der Waals surface area contributed by atoms with Crippen LogP contribution in [0.1, 0.15) is 23.6 Å². The van der Waals surface area contributed by atoms with E-state index in [4.69, 9.17) is 22.4 Å². The van der Waals surface area contributed by atoms with Crippen molar-refractivity contribution in [2.75, 3.05) is 6.61 Å². The van der Waals surface area contributed by atoms with Crippen molar-refractivity contribution in [2.45, 2.75) is 19.4 Å². The summed E-state index contributed by atoms with van der Waals surface area (Å²) in [6.45, 7) is 2.06. The highest BCUT2D eigenvalue weighted by atomic mass is 35.5. The van der Waals surface area contributed by atoms with Gasteiger partial charge in [-0.1, -0.05) is 23.7 Å². The molecule has 1 aromatic rings. The van der Waals surface area contributed by atoms with Crippen LogP contribution in [0.3, 0.4) is 0 Å². The predicted molar refractivity (Wildman–Crippen MR) is 62.1 cm³/mol. The fourth-order valence-electron chi connectivity index (χ4n) is 1.40. The van der Waals surface area contributed by atoms with Crippen LogP contribution in [0.2, 0.25) is 5.02 Å². The number of aliphatic hydroxyl groups excluding tert-OH is 1. The van der Waals surface area contributed by atoms with E-state index in [2.05, 4.69) is 0 Å². The van der Waals surface area contributed by atoms with Crippen LogP contribution in [0.15, 0.2) is 18.2 Å². The summed E-state index contributed by atoms with van der Waals surface area (Å²) in [4.78, 5) is 0. The average Bonchev–Trinajstić information content (AvgIpc) is 2.04. The van der Waals surface area contributed by atoms with Crippen LogP contribution in [0.4, 0.5) is 0 Å². The van der Waals surface area contributed by atoms with Gasteiger partial charge >= 0.3 is 0 Å². The lowest BCUT2D eigenvalue weighted by molar-refractivity contribution is 0.276. The van der Waals surface area contributed by atoms with Crippen molar-refractivity contribution in [3.8, 4) is 0 Å². The van der Waals surface area contributed by atoms with Gasteiger partial charge in [-0.3, -0.25) is 0 Å². The Balaban J connectivity index is 0.00000169. The Morgan fingerprint density at radius 3 is 2.64 bits per heavy atom. The molecule has 0 unspecified atom stereocenters. The van der Waals surface area contributed by atoms with Crippen molar-refractivity contribution in [2.24, 2.45) is 5.73 Å². The number of hydrogen-bond donors (Lipinski definition) is 2. The van der Waals surface area contributed by atoms with Crippen molar-refractivity contribution in [1.29, 1.82) is 0 Å². The Labute approximate surface area is 95.5 Å². The number of rotatable bonds is 3. The first kappa shape index (κ1) is 13.7. The molecule has 0 spiro atoms. The summed E-state index contributed by atoms with van der Waals surface area (Å²) in [5.74, 6) is 0. The van der Waals surface area contributed by atoms with Gasteiger partial charge in [0.1, 0.15) is 0 Å². The number of aliphatic hydroxyl groups is 1. The molecule has 80 valence electrons. The molecule has 0 amide bonds. The van der Waals surface area contributed by atoms with Gasteiger partial charge in [-0.05, 0) is 30.5 Å². The third-order valence-electron chi connectivity index (χ3n) is 2.08. The van der Waals surface area contributed by atoms with Crippen molar-refractivity contribution < 1.29 is 5.11 Å². The normalized spacial score (nSPS) is 12.0. The standard InChI is InChI=1S/C10H14ClNO.ClH/c1-7-3-2-4-8(11)10(7)9(12)5-6-13;/h2-4,9,13H,5-6,12H2,1H3;1H/t9-;/m1./s1. The monoisotopic (exact) mass is 235 g/mol. The molecule has 1 rings (SSSR count). The maximum atomic E-state index is 8.76. The second kappa shape index (κ2) is 6.25. The predicted octanol–water partition coefficient (Wildman–Crippen LogP) is 2.45. The summed E-state index contributed by atoms with van der Waals surface area (Å²) in [6, 6.07) is 5.52. The first-order valence-electron chi connectivity index (χ1n) is 4.28. The molecule has 4 heteroatoms. The summed E-state index contributed by atoms with van der Waals surface area (Å²) in [5, 5.41) is 9.44. The molecule has 0 aromatic heterocycles. The Bertz CT molecular complexity index is 271. The van der Waals surface area contributed by atoms with Gasteiger partial charge in [-0.2, -0.15) is 0 Å². The van der Waals surface area contributed by atoms with Crippen LogP contribution in [-0.2, 0) is 0 Å². The summed E-state index contributed by atoms with van der Waals surface area (Å²) in [7, 11) is 0. The van der Waals surface area contributed by atoms with E-state index in [9.17, 15) is 0 Å². The SMILES string of the molecule is Cc1cccc(Cl)c1[C@H](N)CCO.Cl. The molecule has 0 heterocycles. The Morgan fingerprint density at radius 2 is 2.14 bits per heavy atom. The van der Waals surface area contributed by atoms with Crippen LogP contribution in [0.5, 0.6) is 0 Å². The van der Waals surface area contributed by atoms with Crippen molar-refractivity contribution in [1.82, 2.24) is 0 Å². The molecule has 3 N–H and O–H groups in total. The lowest BCUT2D eigenvalue weighted by atomic mass is 10.00. The van der Waals surface area contributed by atoms with Gasteiger partial charge in [-0.15, -0.1) is 12.4 Å². The third kappa shape index (κ3) is 3.14. The van der Waals surface area contributed by atoms with Crippen LogP contribution in [0, 0.1) is 6.92 Å². The number of hydrogen-bond acceptors (Lipinski definition) is 2. The van der Waals surface area contributed by atoms with Gasteiger partial charge in [-0.25, -0.2) is 0 Å². The van der Waals surface area contributed by atoms with Gasteiger partial charge in [0.05, 0.1) is 0 Å². The number of halogens is 2. The minimum Gasteiger partial charge on any atom is -0.396 e. The molecule has 0 fully saturated rings. The first-order valence-corrected chi connectivity index (χ1v) is 4.66. The van der Waals surface area contributed by atoms with E-state index >= 15 is 0 Å². The largest absolute Gasteiger partial charge is 0.396 e. The molecule has 0 aliphatic rings. The molecule has 0 radical (unpaired) electrons. The van der Waals surface area contributed by atoms with Gasteiger partial charge in [0.25, 0.3) is 0 Å². The van der Waals surface area contributed by atoms with E-state index in [1.54, 1.807) is 0 Å². The van der Waals surface area contributed by atoms with Crippen LogP contribution in [0.25, 0.3) is 0 Å². The molecule has 1 atom stereocenters. The minimum absolute atomic E-state index is 0. The molecule has 0 saturated heterocycles. The van der Waals surface area contributed by atoms with Crippen molar-refractivity contribution >= 4 is 24.0 Å². The molecule has 2 nitrogen and oxygen atoms in total. The third-order valence-corrected chi connectivity index (χ3v) is 2.41. The number of nitrogens with two attached hydrogens (primary N) is 1. The highest BCUT2D eigenvalue weighted by Gasteiger charge is 2.11.